The molecule has 1 aromatic rings. The maximum absolute atomic E-state index is 8.84. The minimum absolute atomic E-state index is 0.00287. The Morgan fingerprint density at radius 3 is 2.31 bits per heavy atom. The van der Waals surface area contributed by atoms with Gasteiger partial charge in [-0.25, -0.2) is 4.68 Å². The van der Waals surface area contributed by atoms with Crippen molar-refractivity contribution in [2.75, 3.05) is 18.1 Å². The third kappa shape index (κ3) is 2.28. The van der Waals surface area contributed by atoms with Gasteiger partial charge in [-0.3, -0.25) is 0 Å². The summed E-state index contributed by atoms with van der Waals surface area (Å²) in [5, 5.41) is 13.2. The molecule has 6 heteroatoms. The Bertz CT molecular complexity index is 366. The van der Waals surface area contributed by atoms with E-state index in [2.05, 4.69) is 5.10 Å². The van der Waals surface area contributed by atoms with E-state index in [1.54, 1.807) is 4.68 Å². The Morgan fingerprint density at radius 2 is 1.94 bits per heavy atom. The van der Waals surface area contributed by atoms with Gasteiger partial charge in [0.2, 0.25) is 0 Å². The third-order valence-corrected chi connectivity index (χ3v) is 2.41. The van der Waals surface area contributed by atoms with Crippen LogP contribution < -0.4 is 17.2 Å². The molecule has 0 spiro atoms. The zero-order valence-electron chi connectivity index (χ0n) is 10.1. The molecule has 0 radical (unpaired) electrons. The van der Waals surface area contributed by atoms with Gasteiger partial charge in [0.1, 0.15) is 11.5 Å². The van der Waals surface area contributed by atoms with Crippen LogP contribution in [0.1, 0.15) is 38.9 Å². The highest BCUT2D eigenvalue weighted by molar-refractivity contribution is 5.63. The molecule has 0 bridgehead atoms. The highest BCUT2D eigenvalue weighted by Gasteiger charge is 2.24. The number of hydrogen-bond donors (Lipinski definition) is 4. The molecule has 0 saturated heterocycles. The van der Waals surface area contributed by atoms with Crippen LogP contribution >= 0.6 is 0 Å². The fraction of sp³-hybridized carbons (Fsp3) is 0.700. The van der Waals surface area contributed by atoms with E-state index in [0.717, 1.165) is 0 Å². The van der Waals surface area contributed by atoms with E-state index in [4.69, 9.17) is 22.3 Å². The zero-order valence-corrected chi connectivity index (χ0v) is 10.1. The van der Waals surface area contributed by atoms with Crippen molar-refractivity contribution in [3.8, 4) is 0 Å². The smallest absolute Gasteiger partial charge is 0.146 e. The minimum atomic E-state index is -0.379. The molecule has 0 aliphatic rings. The first-order valence-corrected chi connectivity index (χ1v) is 5.29. The lowest BCUT2D eigenvalue weighted by molar-refractivity contribution is 0.274. The lowest BCUT2D eigenvalue weighted by Gasteiger charge is -2.20. The van der Waals surface area contributed by atoms with Gasteiger partial charge in [-0.2, -0.15) is 5.10 Å². The highest BCUT2D eigenvalue weighted by Crippen LogP contribution is 2.29. The van der Waals surface area contributed by atoms with Crippen LogP contribution in [-0.4, -0.2) is 21.5 Å². The Labute approximate surface area is 95.4 Å². The van der Waals surface area contributed by atoms with Crippen molar-refractivity contribution in [2.24, 2.45) is 5.73 Å². The molecule has 0 aromatic carbocycles. The Morgan fingerprint density at radius 1 is 1.38 bits per heavy atom. The summed E-state index contributed by atoms with van der Waals surface area (Å²) in [7, 11) is 0. The van der Waals surface area contributed by atoms with Crippen LogP contribution in [0.5, 0.6) is 0 Å². The molecule has 1 unspecified atom stereocenters. The van der Waals surface area contributed by atoms with Crippen molar-refractivity contribution in [1.29, 1.82) is 0 Å². The summed E-state index contributed by atoms with van der Waals surface area (Å²) in [6.07, 6.45) is 0.421. The van der Waals surface area contributed by atoms with Crippen molar-refractivity contribution < 1.29 is 5.11 Å². The fourth-order valence-electron chi connectivity index (χ4n) is 1.52. The maximum atomic E-state index is 8.84. The molecule has 6 nitrogen and oxygen atoms in total. The first kappa shape index (κ1) is 12.8. The summed E-state index contributed by atoms with van der Waals surface area (Å²) in [5.41, 5.74) is 18.3. The van der Waals surface area contributed by atoms with Gasteiger partial charge in [-0.15, -0.1) is 0 Å². The molecule has 0 amide bonds. The van der Waals surface area contributed by atoms with Crippen LogP contribution in [0.2, 0.25) is 0 Å². The third-order valence-electron chi connectivity index (χ3n) is 2.41. The maximum Gasteiger partial charge on any atom is 0.146 e. The summed E-state index contributed by atoms with van der Waals surface area (Å²) in [6.45, 7) is 5.95. The lowest BCUT2D eigenvalue weighted by Crippen LogP contribution is -2.25. The van der Waals surface area contributed by atoms with Crippen LogP contribution in [0.15, 0.2) is 0 Å². The van der Waals surface area contributed by atoms with E-state index in [1.807, 2.05) is 20.8 Å². The molecule has 16 heavy (non-hydrogen) atoms. The number of anilines is 2. The molecule has 1 aromatic heterocycles. The first-order valence-electron chi connectivity index (χ1n) is 5.29. The predicted octanol–water partition coefficient (Wildman–Crippen LogP) is 0.185. The number of nitrogens with two attached hydrogens (primary N) is 3. The molecule has 92 valence electrons. The van der Waals surface area contributed by atoms with Crippen molar-refractivity contribution in [3.63, 3.8) is 0 Å². The molecule has 0 aliphatic carbocycles. The zero-order chi connectivity index (χ0) is 12.5. The number of rotatable bonds is 3. The normalized spacial score (nSPS) is 14.1. The predicted molar refractivity (Wildman–Crippen MR) is 64.7 cm³/mol. The molecule has 0 fully saturated rings. The average Bonchev–Trinajstić information content (AvgIpc) is 2.44. The van der Waals surface area contributed by atoms with Crippen molar-refractivity contribution in [3.05, 3.63) is 5.69 Å². The second kappa shape index (κ2) is 4.31. The van der Waals surface area contributed by atoms with E-state index in [9.17, 15) is 0 Å². The monoisotopic (exact) mass is 227 g/mol. The Hall–Kier alpha value is -1.27. The van der Waals surface area contributed by atoms with E-state index in [-0.39, 0.29) is 18.2 Å². The quantitative estimate of drug-likeness (QED) is 0.588. The second-order valence-corrected chi connectivity index (χ2v) is 4.89. The molecule has 1 atom stereocenters. The van der Waals surface area contributed by atoms with Gasteiger partial charge in [0.05, 0.1) is 17.3 Å². The largest absolute Gasteiger partial charge is 0.396 e. The highest BCUT2D eigenvalue weighted by atomic mass is 16.3. The van der Waals surface area contributed by atoms with Crippen molar-refractivity contribution in [1.82, 2.24) is 9.78 Å². The number of nitrogens with zero attached hydrogens (tertiary/aromatic N) is 2. The van der Waals surface area contributed by atoms with E-state index in [1.165, 1.54) is 0 Å². The van der Waals surface area contributed by atoms with Crippen LogP contribution in [0, 0.1) is 0 Å². The fourth-order valence-corrected chi connectivity index (χ4v) is 1.52. The summed E-state index contributed by atoms with van der Waals surface area (Å²) in [5.74, 6) is 0.427. The summed E-state index contributed by atoms with van der Waals surface area (Å²) >= 11 is 0. The number of aliphatic hydroxyl groups is 1. The number of hydrogen-bond acceptors (Lipinski definition) is 5. The second-order valence-electron chi connectivity index (χ2n) is 4.89. The summed E-state index contributed by atoms with van der Waals surface area (Å²) in [4.78, 5) is 0. The Balaban J connectivity index is 3.14. The first-order chi connectivity index (χ1) is 7.29. The summed E-state index contributed by atoms with van der Waals surface area (Å²) in [6, 6.07) is -0.379. The molecule has 1 heterocycles. The lowest BCUT2D eigenvalue weighted by atomic mass is 10.1. The van der Waals surface area contributed by atoms with E-state index >= 15 is 0 Å². The van der Waals surface area contributed by atoms with Gasteiger partial charge in [-0.1, -0.05) is 0 Å². The van der Waals surface area contributed by atoms with E-state index in [0.29, 0.717) is 23.6 Å². The van der Waals surface area contributed by atoms with Gasteiger partial charge in [-0.05, 0) is 27.2 Å². The minimum Gasteiger partial charge on any atom is -0.396 e. The van der Waals surface area contributed by atoms with Gasteiger partial charge >= 0.3 is 0 Å². The number of aromatic nitrogens is 2. The molecular formula is C10H21N5O. The average molecular weight is 227 g/mol. The van der Waals surface area contributed by atoms with Gasteiger partial charge in [0.15, 0.2) is 0 Å². The van der Waals surface area contributed by atoms with Crippen LogP contribution in [-0.2, 0) is 5.54 Å². The molecule has 1 rings (SSSR count). The Kier molecular flexibility index (Phi) is 3.44. The molecule has 7 N–H and O–H groups in total. The van der Waals surface area contributed by atoms with Crippen LogP contribution in [0.25, 0.3) is 0 Å². The topological polar surface area (TPSA) is 116 Å². The molecular weight excluding hydrogens is 206 g/mol. The van der Waals surface area contributed by atoms with Gasteiger partial charge < -0.3 is 22.3 Å². The molecule has 0 aliphatic heterocycles. The van der Waals surface area contributed by atoms with Crippen LogP contribution in [0.3, 0.4) is 0 Å². The number of aliphatic hydroxyl groups excluding tert-OH is 1. The van der Waals surface area contributed by atoms with E-state index < -0.39 is 0 Å². The molecule has 0 saturated carbocycles. The van der Waals surface area contributed by atoms with Crippen molar-refractivity contribution in [2.45, 2.75) is 38.8 Å². The standard InChI is InChI=1S/C10H21N5O/c1-10(2,3)15-9(13)7(12)8(14-15)6(11)4-5-16/h6,16H,4-5,11-13H2,1-3H3. The summed E-state index contributed by atoms with van der Waals surface area (Å²) < 4.78 is 1.66. The van der Waals surface area contributed by atoms with Crippen LogP contribution in [0.4, 0.5) is 11.5 Å². The van der Waals surface area contributed by atoms with Crippen molar-refractivity contribution >= 4 is 11.5 Å². The van der Waals surface area contributed by atoms with Gasteiger partial charge in [0.25, 0.3) is 0 Å². The number of nitrogen functional groups attached to an aromatic ring is 2. The SMILES string of the molecule is CC(C)(C)n1nc(C(N)CCO)c(N)c1N. The van der Waals surface area contributed by atoms with Gasteiger partial charge in [0, 0.05) is 6.61 Å².